The number of anilines is 6. The van der Waals surface area contributed by atoms with Crippen LogP contribution in [0.25, 0.3) is 120 Å². The molecule has 410 valence electrons. The van der Waals surface area contributed by atoms with E-state index >= 15 is 0 Å². The van der Waals surface area contributed by atoms with Gasteiger partial charge in [-0.2, -0.15) is 0 Å². The minimum atomic E-state index is -0.0573. The molecular weight excluding hydrogens is 1040 g/mol. The van der Waals surface area contributed by atoms with E-state index in [2.05, 4.69) is 327 Å². The molecule has 0 amide bonds. The maximum absolute atomic E-state index is 2.59. The molecule has 13 aromatic carbocycles. The minimum absolute atomic E-state index is 0.0573. The molecule has 0 unspecified atom stereocenters. The van der Waals surface area contributed by atoms with Gasteiger partial charge in [-0.05, 0) is 163 Å². The molecule has 4 nitrogen and oxygen atoms in total. The zero-order valence-corrected chi connectivity index (χ0v) is 49.2. The first-order valence-corrected chi connectivity index (χ1v) is 30.2. The fourth-order valence-electron chi connectivity index (χ4n) is 14.4. The van der Waals surface area contributed by atoms with Crippen molar-refractivity contribution in [1.29, 1.82) is 0 Å². The van der Waals surface area contributed by atoms with Gasteiger partial charge in [-0.1, -0.05) is 211 Å². The summed E-state index contributed by atoms with van der Waals surface area (Å²) in [5.74, 6) is 0. The SMILES string of the molecule is CC(C)(C)c1ccc2c(c1)c1c(N(c3ccccc3)c3ccc(-c4cccc5ccccc45)cc3)ccc3c4cc5c(cc4n2c31)c1ccc(N(c2ccccc2)c2ccc(-c3cccc4ccccc34)cc2)c2c3cc(C(C)(C)C)ccc3n5c12. The predicted molar refractivity (Wildman–Crippen MR) is 368 cm³/mol. The molecule has 0 atom stereocenters. The van der Waals surface area contributed by atoms with E-state index in [1.807, 2.05) is 0 Å². The maximum atomic E-state index is 2.59. The van der Waals surface area contributed by atoms with Gasteiger partial charge in [0.15, 0.2) is 0 Å². The zero-order valence-electron chi connectivity index (χ0n) is 49.2. The third kappa shape index (κ3) is 7.48. The van der Waals surface area contributed by atoms with E-state index in [-0.39, 0.29) is 10.8 Å². The molecule has 0 fully saturated rings. The topological polar surface area (TPSA) is 15.3 Å². The summed E-state index contributed by atoms with van der Waals surface area (Å²) in [4.78, 5) is 4.95. The highest BCUT2D eigenvalue weighted by atomic mass is 15.2. The van der Waals surface area contributed by atoms with Crippen molar-refractivity contribution in [3.8, 4) is 22.3 Å². The molecule has 17 rings (SSSR count). The number of hydrogen-bond donors (Lipinski definition) is 0. The quantitative estimate of drug-likeness (QED) is 0.151. The summed E-state index contributed by atoms with van der Waals surface area (Å²) in [6, 6.07) is 99.9. The Morgan fingerprint density at radius 3 is 1.05 bits per heavy atom. The van der Waals surface area contributed by atoms with Crippen LogP contribution in [-0.4, -0.2) is 8.80 Å². The molecule has 4 heterocycles. The first-order valence-electron chi connectivity index (χ1n) is 30.2. The van der Waals surface area contributed by atoms with Crippen LogP contribution in [0.2, 0.25) is 0 Å². The lowest BCUT2D eigenvalue weighted by Gasteiger charge is -2.27. The van der Waals surface area contributed by atoms with Crippen LogP contribution in [0, 0.1) is 0 Å². The number of rotatable bonds is 8. The van der Waals surface area contributed by atoms with Crippen molar-refractivity contribution in [3.05, 3.63) is 278 Å². The Labute approximate surface area is 500 Å². The number of fused-ring (bicyclic) bond motifs is 14. The number of benzene rings is 13. The van der Waals surface area contributed by atoms with Gasteiger partial charge in [0.25, 0.3) is 0 Å². The van der Waals surface area contributed by atoms with Gasteiger partial charge in [-0.15, -0.1) is 0 Å². The summed E-state index contributed by atoms with van der Waals surface area (Å²) in [6.45, 7) is 14.0. The molecular formula is C82H62N4. The Bertz CT molecular complexity index is 5160. The smallest absolute Gasteiger partial charge is 0.0641 e. The van der Waals surface area contributed by atoms with Gasteiger partial charge in [0.2, 0.25) is 0 Å². The number of aromatic nitrogens is 2. The lowest BCUT2D eigenvalue weighted by atomic mass is 9.86. The normalized spacial score (nSPS) is 12.5. The summed E-state index contributed by atoms with van der Waals surface area (Å²) in [6.07, 6.45) is 0. The van der Waals surface area contributed by atoms with Crippen LogP contribution < -0.4 is 9.80 Å². The van der Waals surface area contributed by atoms with Crippen LogP contribution in [0.1, 0.15) is 52.7 Å². The minimum Gasteiger partial charge on any atom is -0.310 e. The Morgan fingerprint density at radius 1 is 0.267 bits per heavy atom. The van der Waals surface area contributed by atoms with Crippen molar-refractivity contribution < 1.29 is 0 Å². The fraction of sp³-hybridized carbons (Fsp3) is 0.0976. The Balaban J connectivity index is 0.906. The van der Waals surface area contributed by atoms with Gasteiger partial charge in [0.1, 0.15) is 0 Å². The van der Waals surface area contributed by atoms with Gasteiger partial charge in [0, 0.05) is 65.8 Å². The molecule has 0 saturated heterocycles. The molecule has 0 radical (unpaired) electrons. The fourth-order valence-corrected chi connectivity index (χ4v) is 14.4. The van der Waals surface area contributed by atoms with Crippen molar-refractivity contribution >= 4 is 132 Å². The van der Waals surface area contributed by atoms with Crippen LogP contribution in [-0.2, 0) is 10.8 Å². The molecule has 0 aliphatic rings. The highest BCUT2D eigenvalue weighted by Gasteiger charge is 2.30. The van der Waals surface area contributed by atoms with Gasteiger partial charge in [-0.25, -0.2) is 0 Å². The first-order chi connectivity index (χ1) is 41.9. The molecule has 4 heteroatoms. The molecule has 17 aromatic rings. The summed E-state index contributed by atoms with van der Waals surface area (Å²) >= 11 is 0. The Morgan fingerprint density at radius 2 is 0.640 bits per heavy atom. The predicted octanol–water partition coefficient (Wildman–Crippen LogP) is 23.2. The summed E-state index contributed by atoms with van der Waals surface area (Å²) in [7, 11) is 0. The van der Waals surface area contributed by atoms with E-state index in [9.17, 15) is 0 Å². The summed E-state index contributed by atoms with van der Waals surface area (Å²) < 4.78 is 5.18. The molecule has 0 aliphatic heterocycles. The van der Waals surface area contributed by atoms with Gasteiger partial charge >= 0.3 is 0 Å². The van der Waals surface area contributed by atoms with Gasteiger partial charge in [0.05, 0.1) is 44.5 Å². The lowest BCUT2D eigenvalue weighted by molar-refractivity contribution is 0.591. The van der Waals surface area contributed by atoms with Crippen molar-refractivity contribution in [2.75, 3.05) is 9.80 Å². The summed E-state index contributed by atoms with van der Waals surface area (Å²) in [5, 5.41) is 15.0. The largest absolute Gasteiger partial charge is 0.310 e. The Kier molecular flexibility index (Phi) is 10.8. The second kappa shape index (κ2) is 18.5. The van der Waals surface area contributed by atoms with E-state index in [1.54, 1.807) is 0 Å². The molecule has 86 heavy (non-hydrogen) atoms. The van der Waals surface area contributed by atoms with Crippen LogP contribution >= 0.6 is 0 Å². The molecule has 0 bridgehead atoms. The van der Waals surface area contributed by atoms with Crippen molar-refractivity contribution in [2.24, 2.45) is 0 Å². The standard InChI is InChI=1S/C82H62N4/c1-81(2,3)55-35-43-71-69(47-55)77-73(83(57-23-9-7-10-24-57)59-37-31-53(32-38-59)63-29-17-21-51-19-13-15-27-61(51)63)45-41-65-67-50-76-68(49-75(67)85(71)79(65)77)66-42-46-74(78-70-48-56(82(4,5)6)36-44-72(70)86(76)80(66)78)84(58-25-11-8-12-26-58)60-39-33-54(34-40-60)64-30-18-22-52-20-14-16-28-62(52)64/h7-50H,1-6H3. The molecule has 4 aromatic heterocycles. The molecule has 0 saturated carbocycles. The first kappa shape index (κ1) is 50.1. The van der Waals surface area contributed by atoms with Gasteiger partial charge < -0.3 is 18.6 Å². The number of nitrogens with zero attached hydrogens (tertiary/aromatic N) is 4. The Hall–Kier alpha value is -10.4. The zero-order chi connectivity index (χ0) is 57.7. The lowest BCUT2D eigenvalue weighted by Crippen LogP contribution is -2.11. The highest BCUT2D eigenvalue weighted by molar-refractivity contribution is 6.32. The molecule has 0 spiro atoms. The molecule has 0 N–H and O–H groups in total. The molecule has 0 aliphatic carbocycles. The van der Waals surface area contributed by atoms with Crippen molar-refractivity contribution in [1.82, 2.24) is 8.80 Å². The van der Waals surface area contributed by atoms with E-state index in [4.69, 9.17) is 0 Å². The van der Waals surface area contributed by atoms with Crippen LogP contribution in [0.15, 0.2) is 267 Å². The van der Waals surface area contributed by atoms with Crippen LogP contribution in [0.4, 0.5) is 34.1 Å². The second-order valence-electron chi connectivity index (χ2n) is 25.7. The van der Waals surface area contributed by atoms with E-state index in [1.165, 1.54) is 131 Å². The average Bonchev–Trinajstić information content (AvgIpc) is 1.53. The van der Waals surface area contributed by atoms with Crippen molar-refractivity contribution in [2.45, 2.75) is 52.4 Å². The third-order valence-corrected chi connectivity index (χ3v) is 18.6. The van der Waals surface area contributed by atoms with E-state index in [0.717, 1.165) is 34.1 Å². The number of para-hydroxylation sites is 2. The third-order valence-electron chi connectivity index (χ3n) is 18.6. The number of hydrogen-bond acceptors (Lipinski definition) is 2. The van der Waals surface area contributed by atoms with Gasteiger partial charge in [-0.3, -0.25) is 0 Å². The summed E-state index contributed by atoms with van der Waals surface area (Å²) in [5.41, 5.74) is 21.5. The highest BCUT2D eigenvalue weighted by Crippen LogP contribution is 2.52. The maximum Gasteiger partial charge on any atom is 0.0641 e. The monoisotopic (exact) mass is 1100 g/mol. The van der Waals surface area contributed by atoms with E-state index in [0.29, 0.717) is 0 Å². The second-order valence-corrected chi connectivity index (χ2v) is 25.7. The average molecular weight is 1100 g/mol. The van der Waals surface area contributed by atoms with E-state index < -0.39 is 0 Å². The van der Waals surface area contributed by atoms with Crippen LogP contribution in [0.3, 0.4) is 0 Å². The van der Waals surface area contributed by atoms with Crippen LogP contribution in [0.5, 0.6) is 0 Å². The van der Waals surface area contributed by atoms with Crippen molar-refractivity contribution in [3.63, 3.8) is 0 Å².